The van der Waals surface area contributed by atoms with Gasteiger partial charge in [-0.15, -0.1) is 0 Å². The fourth-order valence-electron chi connectivity index (χ4n) is 7.39. The number of nitriles is 2. The Labute approximate surface area is 382 Å². The minimum atomic E-state index is -3.17. The SMILES string of the molecule is N#C[C@@H]1CC(F)(F)CN1C(=O)CNC(=O)c1ccnc(-c2ccc(OCCCN(CCCOc3ccc(-c4cc(C(=O)NCC(=O)N5CC(F)(F)C[C@H]5C#N)ccn4)cc3)C(=O)CN)cc2)c1. The maximum absolute atomic E-state index is 13.7. The average Bonchev–Trinajstić information content (AvgIpc) is 3.85. The molecule has 0 bridgehead atoms. The van der Waals surface area contributed by atoms with Crippen LogP contribution in [-0.2, 0) is 14.4 Å². The summed E-state index contributed by atoms with van der Waals surface area (Å²) in [7, 11) is 0. The molecule has 2 aliphatic heterocycles. The fourth-order valence-corrected chi connectivity index (χ4v) is 7.39. The van der Waals surface area contributed by atoms with Gasteiger partial charge in [-0.2, -0.15) is 10.5 Å². The molecule has 4 N–H and O–H groups in total. The molecule has 2 atom stereocenters. The van der Waals surface area contributed by atoms with Gasteiger partial charge in [0.15, 0.2) is 0 Å². The van der Waals surface area contributed by atoms with Crippen LogP contribution >= 0.6 is 0 Å². The zero-order valence-electron chi connectivity index (χ0n) is 36.0. The van der Waals surface area contributed by atoms with E-state index in [1.54, 1.807) is 65.6 Å². The molecular formula is C46H46F4N10O7. The van der Waals surface area contributed by atoms with Gasteiger partial charge in [-0.25, -0.2) is 17.6 Å². The molecule has 2 fully saturated rings. The number of carbonyl (C=O) groups excluding carboxylic acids is 5. The molecule has 17 nitrogen and oxygen atoms in total. The van der Waals surface area contributed by atoms with Crippen molar-refractivity contribution in [2.24, 2.45) is 5.73 Å². The first-order chi connectivity index (χ1) is 32.1. The second-order valence-electron chi connectivity index (χ2n) is 15.7. The molecule has 4 aromatic rings. The van der Waals surface area contributed by atoms with E-state index in [0.717, 1.165) is 9.80 Å². The van der Waals surface area contributed by atoms with E-state index in [0.29, 0.717) is 73.2 Å². The molecular weight excluding hydrogens is 881 g/mol. The van der Waals surface area contributed by atoms with Crippen LogP contribution in [0.4, 0.5) is 17.6 Å². The molecule has 2 saturated heterocycles. The van der Waals surface area contributed by atoms with Crippen LogP contribution in [0.1, 0.15) is 46.4 Å². The van der Waals surface area contributed by atoms with Gasteiger partial charge >= 0.3 is 0 Å². The van der Waals surface area contributed by atoms with Gasteiger partial charge in [0.05, 0.1) is 69.5 Å². The van der Waals surface area contributed by atoms with E-state index in [2.05, 4.69) is 20.6 Å². The number of ether oxygens (including phenoxy) is 2. The quantitative estimate of drug-likeness (QED) is 0.0900. The Morgan fingerprint density at radius 1 is 0.687 bits per heavy atom. The van der Waals surface area contributed by atoms with Gasteiger partial charge < -0.3 is 40.5 Å². The molecule has 0 spiro atoms. The zero-order valence-corrected chi connectivity index (χ0v) is 36.0. The summed E-state index contributed by atoms with van der Waals surface area (Å²) < 4.78 is 66.8. The molecule has 6 rings (SSSR count). The van der Waals surface area contributed by atoms with E-state index in [1.165, 1.54) is 36.7 Å². The predicted molar refractivity (Wildman–Crippen MR) is 231 cm³/mol. The van der Waals surface area contributed by atoms with E-state index < -0.39 is 86.6 Å². The Kier molecular flexibility index (Phi) is 16.0. The van der Waals surface area contributed by atoms with Crippen molar-refractivity contribution in [2.45, 2.75) is 49.6 Å². The number of hydrogen-bond acceptors (Lipinski definition) is 12. The summed E-state index contributed by atoms with van der Waals surface area (Å²) in [6.45, 7) is -1.67. The largest absolute Gasteiger partial charge is 0.494 e. The van der Waals surface area contributed by atoms with Crippen molar-refractivity contribution in [3.63, 3.8) is 0 Å². The highest BCUT2D eigenvalue weighted by Crippen LogP contribution is 2.33. The molecule has 2 aromatic heterocycles. The highest BCUT2D eigenvalue weighted by molar-refractivity contribution is 5.98. The van der Waals surface area contributed by atoms with Gasteiger partial charge in [0.1, 0.15) is 23.6 Å². The van der Waals surface area contributed by atoms with Crippen LogP contribution in [0.25, 0.3) is 22.5 Å². The van der Waals surface area contributed by atoms with Crippen molar-refractivity contribution in [1.82, 2.24) is 35.3 Å². The fraction of sp³-hybridized carbons (Fsp3) is 0.370. The van der Waals surface area contributed by atoms with Crippen molar-refractivity contribution < 1.29 is 51.0 Å². The number of nitrogens with two attached hydrogens (primary N) is 1. The molecule has 350 valence electrons. The molecule has 67 heavy (non-hydrogen) atoms. The van der Waals surface area contributed by atoms with Gasteiger partial charge in [-0.1, -0.05) is 0 Å². The maximum atomic E-state index is 13.7. The molecule has 5 amide bonds. The summed E-state index contributed by atoms with van der Waals surface area (Å²) in [5.41, 5.74) is 8.30. The third kappa shape index (κ3) is 13.2. The Hall–Kier alpha value is -7.65. The number of pyridine rings is 2. The Balaban J connectivity index is 0.901. The number of halogens is 4. The van der Waals surface area contributed by atoms with E-state index >= 15 is 0 Å². The monoisotopic (exact) mass is 926 g/mol. The number of aromatic nitrogens is 2. The lowest BCUT2D eigenvalue weighted by molar-refractivity contribution is -0.132. The number of likely N-dealkylation sites (tertiary alicyclic amines) is 2. The van der Waals surface area contributed by atoms with Crippen LogP contribution in [0.3, 0.4) is 0 Å². The van der Waals surface area contributed by atoms with Crippen molar-refractivity contribution in [3.8, 4) is 46.2 Å². The normalized spacial score (nSPS) is 16.9. The summed E-state index contributed by atoms with van der Waals surface area (Å²) in [6, 6.07) is 20.7. The van der Waals surface area contributed by atoms with Gasteiger partial charge in [-0.05, 0) is 85.6 Å². The van der Waals surface area contributed by atoms with Crippen LogP contribution in [-0.4, -0.2) is 137 Å². The molecule has 0 saturated carbocycles. The van der Waals surface area contributed by atoms with E-state index in [1.807, 2.05) is 0 Å². The van der Waals surface area contributed by atoms with Gasteiger partial charge in [0.2, 0.25) is 17.7 Å². The molecule has 0 radical (unpaired) electrons. The summed E-state index contributed by atoms with van der Waals surface area (Å²) in [5.74, 6) is -8.25. The highest BCUT2D eigenvalue weighted by Gasteiger charge is 2.48. The van der Waals surface area contributed by atoms with E-state index in [9.17, 15) is 41.5 Å². The number of amides is 5. The van der Waals surface area contributed by atoms with Crippen molar-refractivity contribution in [3.05, 3.63) is 96.3 Å². The lowest BCUT2D eigenvalue weighted by atomic mass is 10.1. The zero-order chi connectivity index (χ0) is 48.1. The van der Waals surface area contributed by atoms with Crippen LogP contribution in [0.5, 0.6) is 11.5 Å². The predicted octanol–water partition coefficient (Wildman–Crippen LogP) is 3.82. The van der Waals surface area contributed by atoms with Gasteiger partial charge in [0.25, 0.3) is 23.7 Å². The summed E-state index contributed by atoms with van der Waals surface area (Å²) >= 11 is 0. The van der Waals surface area contributed by atoms with Crippen LogP contribution in [0, 0.1) is 22.7 Å². The molecule has 0 unspecified atom stereocenters. The minimum absolute atomic E-state index is 0.166. The number of alkyl halides is 4. The number of benzene rings is 2. The summed E-state index contributed by atoms with van der Waals surface area (Å²) in [6.07, 6.45) is 2.36. The van der Waals surface area contributed by atoms with Crippen molar-refractivity contribution >= 4 is 29.5 Å². The first-order valence-electron chi connectivity index (χ1n) is 21.2. The number of carbonyl (C=O) groups is 5. The smallest absolute Gasteiger partial charge is 0.268 e. The minimum Gasteiger partial charge on any atom is -0.494 e. The average molecular weight is 927 g/mol. The molecule has 2 aromatic carbocycles. The van der Waals surface area contributed by atoms with Crippen molar-refractivity contribution in [2.75, 3.05) is 59.0 Å². The van der Waals surface area contributed by atoms with Crippen LogP contribution in [0.15, 0.2) is 85.2 Å². The van der Waals surface area contributed by atoms with Gasteiger partial charge in [0, 0.05) is 60.6 Å². The number of hydrogen-bond donors (Lipinski definition) is 3. The molecule has 2 aliphatic rings. The van der Waals surface area contributed by atoms with Gasteiger partial charge in [-0.3, -0.25) is 33.9 Å². The van der Waals surface area contributed by atoms with E-state index in [-0.39, 0.29) is 23.6 Å². The Morgan fingerprint density at radius 3 is 1.46 bits per heavy atom. The second-order valence-corrected chi connectivity index (χ2v) is 15.7. The topological polar surface area (TPSA) is 237 Å². The Bertz CT molecular complexity index is 2350. The number of nitrogens with zero attached hydrogens (tertiary/aromatic N) is 7. The number of rotatable bonds is 19. The lowest BCUT2D eigenvalue weighted by Gasteiger charge is -2.22. The third-order valence-corrected chi connectivity index (χ3v) is 10.8. The lowest BCUT2D eigenvalue weighted by Crippen LogP contribution is -2.42. The standard InChI is InChI=1S/C46H46F4N10O7/c47-45(48)21-34(23-51)59(28-45)41(62)26-56-43(64)32-11-13-54-38(19-32)30-3-7-36(8-4-30)66-17-1-15-58(40(61)25-53)16-2-18-67-37-9-5-31(6-10-37)39-20-33(12-14-55-39)44(65)57-27-42(63)60-29-46(49,50)22-35(60)24-52/h3-14,19-20,34-35H,1-2,15-18,21-22,25-29,53H2,(H,56,64)(H,57,65)/t34-,35-/m0/s1. The second kappa shape index (κ2) is 22.0. The maximum Gasteiger partial charge on any atom is 0.268 e. The third-order valence-electron chi connectivity index (χ3n) is 10.8. The molecule has 4 heterocycles. The molecule has 21 heteroatoms. The van der Waals surface area contributed by atoms with E-state index in [4.69, 9.17) is 25.7 Å². The summed E-state index contributed by atoms with van der Waals surface area (Å²) in [4.78, 5) is 75.0. The highest BCUT2D eigenvalue weighted by atomic mass is 19.3. The van der Waals surface area contributed by atoms with Crippen LogP contribution in [0.2, 0.25) is 0 Å². The number of nitrogens with one attached hydrogen (secondary N) is 2. The van der Waals surface area contributed by atoms with Crippen molar-refractivity contribution in [1.29, 1.82) is 10.5 Å². The Morgan fingerprint density at radius 2 is 1.09 bits per heavy atom. The summed E-state index contributed by atoms with van der Waals surface area (Å²) in [5, 5.41) is 23.1. The first-order valence-corrected chi connectivity index (χ1v) is 21.2. The first kappa shape index (κ1) is 48.8. The molecule has 0 aliphatic carbocycles. The van der Waals surface area contributed by atoms with Crippen LogP contribution < -0.4 is 25.8 Å².